The number of esters is 3. The van der Waals surface area contributed by atoms with Gasteiger partial charge in [0.1, 0.15) is 28.2 Å². The van der Waals surface area contributed by atoms with Gasteiger partial charge in [-0.15, -0.1) is 22.0 Å². The van der Waals surface area contributed by atoms with E-state index in [1.165, 1.54) is 53.6 Å². The van der Waals surface area contributed by atoms with Crippen LogP contribution >= 0.6 is 34.9 Å². The maximum Gasteiger partial charge on any atom is 0.358 e. The number of nitrogens with one attached hydrogen (secondary N) is 2. The van der Waals surface area contributed by atoms with Crippen molar-refractivity contribution in [2.75, 3.05) is 18.1 Å². The Hall–Kier alpha value is -3.47. The van der Waals surface area contributed by atoms with Crippen molar-refractivity contribution in [2.45, 2.75) is 67.8 Å². The van der Waals surface area contributed by atoms with Crippen LogP contribution in [0.3, 0.4) is 0 Å². The molecule has 1 aromatic carbocycles. The van der Waals surface area contributed by atoms with Crippen molar-refractivity contribution in [3.8, 4) is 0 Å². The van der Waals surface area contributed by atoms with Gasteiger partial charge in [-0.3, -0.25) is 24.1 Å². The number of rotatable bonds is 11. The number of aryl methyl sites for hydroxylation is 1. The predicted molar refractivity (Wildman–Crippen MR) is 161 cm³/mol. The Kier molecular flexibility index (Phi) is 10.2. The van der Waals surface area contributed by atoms with Crippen molar-refractivity contribution in [3.63, 3.8) is 0 Å². The third kappa shape index (κ3) is 7.25. The van der Waals surface area contributed by atoms with Gasteiger partial charge in [0.05, 0.1) is 0 Å². The molecule has 0 bridgehead atoms. The number of aromatic nitrogens is 2. The lowest BCUT2D eigenvalue weighted by molar-refractivity contribution is -0.182. The van der Waals surface area contributed by atoms with Crippen LogP contribution in [0.25, 0.3) is 0 Å². The van der Waals surface area contributed by atoms with E-state index in [1.807, 2.05) is 6.92 Å². The molecule has 16 heteroatoms. The molecule has 44 heavy (non-hydrogen) atoms. The number of fused-ring (bicyclic) bond motifs is 1. The van der Waals surface area contributed by atoms with Crippen LogP contribution in [0.1, 0.15) is 43.4 Å². The van der Waals surface area contributed by atoms with Gasteiger partial charge < -0.3 is 24.8 Å². The average molecular weight is 662 g/mol. The summed E-state index contributed by atoms with van der Waals surface area (Å²) in [6.45, 7) is 5.12. The molecule has 2 N–H and O–H groups in total. The highest BCUT2D eigenvalue weighted by Gasteiger charge is 2.55. The van der Waals surface area contributed by atoms with E-state index < -0.39 is 59.6 Å². The molecule has 1 unspecified atom stereocenters. The van der Waals surface area contributed by atoms with Gasteiger partial charge in [-0.2, -0.15) is 0 Å². The molecule has 2 saturated heterocycles. The molecule has 4 heterocycles. The SMILES string of the molecule is CC(=O)O[C@@H](C)OC(=O)C1=C(CSc2nnc(C)s2)CS[C@H]2[C@@H](NC(=O)C(OC(=O)[C@@H]3CCCN3)c3ccccc3)C(=O)N12. The van der Waals surface area contributed by atoms with Crippen LogP contribution < -0.4 is 10.6 Å². The van der Waals surface area contributed by atoms with Gasteiger partial charge in [0, 0.05) is 30.9 Å². The van der Waals surface area contributed by atoms with E-state index in [2.05, 4.69) is 20.8 Å². The maximum atomic E-state index is 13.6. The number of benzene rings is 1. The molecular formula is C28H31N5O8S3. The van der Waals surface area contributed by atoms with E-state index in [9.17, 15) is 24.0 Å². The van der Waals surface area contributed by atoms with E-state index in [1.54, 1.807) is 30.3 Å². The van der Waals surface area contributed by atoms with Crippen LogP contribution in [0, 0.1) is 6.92 Å². The third-order valence-electron chi connectivity index (χ3n) is 6.94. The summed E-state index contributed by atoms with van der Waals surface area (Å²) in [6.07, 6.45) is -1.01. The van der Waals surface area contributed by atoms with Gasteiger partial charge in [0.15, 0.2) is 4.34 Å². The number of thioether (sulfide) groups is 2. The maximum absolute atomic E-state index is 13.6. The summed E-state index contributed by atoms with van der Waals surface area (Å²) in [5.74, 6) is -2.46. The molecule has 2 amide bonds. The Balaban J connectivity index is 1.33. The standard InChI is InChI=1S/C28H31N5O8S3/c1-14-31-32-28(44-14)43-13-18-12-42-25-20(24(36)33(25)21(18)27(38)40-16(3)39-15(2)34)30-23(35)22(17-8-5-4-6-9-17)41-26(37)19-10-7-11-29-19/h4-6,8-9,16,19-20,22,25,29H,7,10-13H2,1-3H3,(H,30,35)/t16-,19+,20+,22?,25+/m1/s1. The molecule has 234 valence electrons. The fraction of sp³-hybridized carbons (Fsp3) is 0.464. The Morgan fingerprint density at radius 3 is 2.59 bits per heavy atom. The van der Waals surface area contributed by atoms with Crippen LogP contribution in [0.15, 0.2) is 45.9 Å². The van der Waals surface area contributed by atoms with Crippen LogP contribution in [-0.4, -0.2) is 86.6 Å². The number of β-lactam (4-membered cyclic amide) rings is 1. The Bertz CT molecular complexity index is 1460. The van der Waals surface area contributed by atoms with Crippen LogP contribution in [-0.2, 0) is 38.2 Å². The molecular weight excluding hydrogens is 631 g/mol. The molecule has 5 rings (SSSR count). The van der Waals surface area contributed by atoms with Crippen molar-refractivity contribution in [3.05, 3.63) is 52.2 Å². The fourth-order valence-electron chi connectivity index (χ4n) is 4.95. The topological polar surface area (TPSA) is 166 Å². The summed E-state index contributed by atoms with van der Waals surface area (Å²) in [5.41, 5.74) is 1.13. The Labute approximate surface area is 265 Å². The summed E-state index contributed by atoms with van der Waals surface area (Å²) in [6, 6.07) is 7.11. The number of ether oxygens (including phenoxy) is 3. The van der Waals surface area contributed by atoms with E-state index in [0.29, 0.717) is 39.9 Å². The summed E-state index contributed by atoms with van der Waals surface area (Å²) < 4.78 is 16.7. The lowest BCUT2D eigenvalue weighted by Gasteiger charge is -2.50. The summed E-state index contributed by atoms with van der Waals surface area (Å²) in [5, 5.41) is 14.1. The Morgan fingerprint density at radius 2 is 1.93 bits per heavy atom. The van der Waals surface area contributed by atoms with Gasteiger partial charge in [-0.05, 0) is 31.9 Å². The lowest BCUT2D eigenvalue weighted by atomic mass is 10.0. The van der Waals surface area contributed by atoms with E-state index in [-0.39, 0.29) is 5.70 Å². The van der Waals surface area contributed by atoms with Gasteiger partial charge in [-0.1, -0.05) is 53.4 Å². The van der Waals surface area contributed by atoms with Gasteiger partial charge in [0.2, 0.25) is 12.4 Å². The van der Waals surface area contributed by atoms with E-state index in [0.717, 1.165) is 11.4 Å². The molecule has 0 spiro atoms. The van der Waals surface area contributed by atoms with Gasteiger partial charge >= 0.3 is 17.9 Å². The largest absolute Gasteiger partial charge is 0.446 e. The minimum atomic E-state index is -1.27. The Morgan fingerprint density at radius 1 is 1.16 bits per heavy atom. The van der Waals surface area contributed by atoms with Crippen molar-refractivity contribution < 1.29 is 38.2 Å². The molecule has 2 fully saturated rings. The summed E-state index contributed by atoms with van der Waals surface area (Å²) in [4.78, 5) is 66.0. The first-order valence-electron chi connectivity index (χ1n) is 13.9. The van der Waals surface area contributed by atoms with Crippen molar-refractivity contribution in [2.24, 2.45) is 0 Å². The average Bonchev–Trinajstić information content (AvgIpc) is 3.69. The molecule has 0 saturated carbocycles. The normalized spacial score (nSPS) is 22.4. The van der Waals surface area contributed by atoms with Crippen molar-refractivity contribution in [1.82, 2.24) is 25.7 Å². The molecule has 2 aromatic rings. The highest BCUT2D eigenvalue weighted by Crippen LogP contribution is 2.42. The number of nitrogens with zero attached hydrogens (tertiary/aromatic N) is 3. The van der Waals surface area contributed by atoms with E-state index >= 15 is 0 Å². The number of amides is 2. The van der Waals surface area contributed by atoms with Gasteiger partial charge in [0.25, 0.3) is 11.8 Å². The minimum Gasteiger partial charge on any atom is -0.446 e. The van der Waals surface area contributed by atoms with Crippen molar-refractivity contribution >= 4 is 64.6 Å². The monoisotopic (exact) mass is 661 g/mol. The zero-order chi connectivity index (χ0) is 31.4. The van der Waals surface area contributed by atoms with Crippen LogP contribution in [0.2, 0.25) is 0 Å². The zero-order valence-corrected chi connectivity index (χ0v) is 26.6. The van der Waals surface area contributed by atoms with Crippen LogP contribution in [0.5, 0.6) is 0 Å². The second-order valence-corrected chi connectivity index (χ2v) is 13.7. The minimum absolute atomic E-state index is 0.0373. The predicted octanol–water partition coefficient (Wildman–Crippen LogP) is 2.08. The zero-order valence-electron chi connectivity index (χ0n) is 24.1. The lowest BCUT2D eigenvalue weighted by Crippen LogP contribution is -2.71. The molecule has 5 atom stereocenters. The molecule has 0 aliphatic carbocycles. The molecule has 0 radical (unpaired) electrons. The second-order valence-electron chi connectivity index (χ2n) is 10.2. The molecule has 1 aromatic heterocycles. The first kappa shape index (κ1) is 31.9. The fourth-order valence-corrected chi connectivity index (χ4v) is 8.25. The summed E-state index contributed by atoms with van der Waals surface area (Å²) >= 11 is 4.17. The quantitative estimate of drug-likeness (QED) is 0.156. The first-order chi connectivity index (χ1) is 21.1. The van der Waals surface area contributed by atoms with E-state index in [4.69, 9.17) is 14.2 Å². The summed E-state index contributed by atoms with van der Waals surface area (Å²) in [7, 11) is 0. The second kappa shape index (κ2) is 14.1. The first-order valence-corrected chi connectivity index (χ1v) is 16.7. The molecule has 3 aliphatic rings. The number of hydrogen-bond acceptors (Lipinski definition) is 14. The smallest absolute Gasteiger partial charge is 0.358 e. The number of hydrogen-bond donors (Lipinski definition) is 2. The van der Waals surface area contributed by atoms with Crippen molar-refractivity contribution in [1.29, 1.82) is 0 Å². The number of carbonyl (C=O) groups is 5. The van der Waals surface area contributed by atoms with Crippen LogP contribution in [0.4, 0.5) is 0 Å². The highest BCUT2D eigenvalue weighted by atomic mass is 32.2. The molecule has 3 aliphatic heterocycles. The number of carbonyl (C=O) groups excluding carboxylic acids is 5. The molecule has 13 nitrogen and oxygen atoms in total. The third-order valence-corrected chi connectivity index (χ3v) is 10.3. The highest BCUT2D eigenvalue weighted by molar-refractivity contribution is 8.01. The van der Waals surface area contributed by atoms with Gasteiger partial charge in [-0.25, -0.2) is 4.79 Å².